The van der Waals surface area contributed by atoms with E-state index in [9.17, 15) is 0 Å². The summed E-state index contributed by atoms with van der Waals surface area (Å²) in [5.41, 5.74) is 1.52. The minimum Gasteiger partial charge on any atom is -0.383 e. The summed E-state index contributed by atoms with van der Waals surface area (Å²) in [6, 6.07) is 0. The van der Waals surface area contributed by atoms with Crippen molar-refractivity contribution in [2.45, 2.75) is 24.5 Å². The summed E-state index contributed by atoms with van der Waals surface area (Å²) in [6.07, 6.45) is 2.52. The van der Waals surface area contributed by atoms with E-state index >= 15 is 0 Å². The second-order valence-corrected chi connectivity index (χ2v) is 4.53. The third-order valence-electron chi connectivity index (χ3n) is 3.44. The van der Waals surface area contributed by atoms with E-state index in [4.69, 9.17) is 9.47 Å². The molecular formula is C11H19NO2. The van der Waals surface area contributed by atoms with Crippen molar-refractivity contribution in [2.75, 3.05) is 33.9 Å². The van der Waals surface area contributed by atoms with E-state index in [2.05, 4.69) is 11.5 Å². The van der Waals surface area contributed by atoms with E-state index in [1.807, 2.05) is 0 Å². The van der Waals surface area contributed by atoms with Gasteiger partial charge in [-0.25, -0.2) is 0 Å². The highest BCUT2D eigenvalue weighted by atomic mass is 16.5. The van der Waals surface area contributed by atoms with Gasteiger partial charge in [0.2, 0.25) is 0 Å². The Morgan fingerprint density at radius 1 is 1.57 bits per heavy atom. The predicted octanol–water partition coefficient (Wildman–Crippen LogP) is 1.05. The number of hydrogen-bond donors (Lipinski definition) is 0. The van der Waals surface area contributed by atoms with Crippen LogP contribution in [-0.2, 0) is 9.47 Å². The Balaban J connectivity index is 2.12. The van der Waals surface area contributed by atoms with Crippen molar-refractivity contribution >= 4 is 0 Å². The molecule has 2 aliphatic rings. The summed E-state index contributed by atoms with van der Waals surface area (Å²) in [5, 5.41) is 0. The number of fused-ring (bicyclic) bond motifs is 1. The maximum Gasteiger partial charge on any atom is 0.0717 e. The molecule has 14 heavy (non-hydrogen) atoms. The van der Waals surface area contributed by atoms with Crippen LogP contribution in [-0.4, -0.2) is 50.5 Å². The molecule has 2 heterocycles. The van der Waals surface area contributed by atoms with Crippen LogP contribution in [0.25, 0.3) is 0 Å². The van der Waals surface area contributed by atoms with Crippen molar-refractivity contribution in [2.24, 2.45) is 0 Å². The first-order valence-corrected chi connectivity index (χ1v) is 5.13. The van der Waals surface area contributed by atoms with Crippen molar-refractivity contribution in [3.8, 4) is 0 Å². The topological polar surface area (TPSA) is 21.7 Å². The van der Waals surface area contributed by atoms with Crippen LogP contribution < -0.4 is 0 Å². The van der Waals surface area contributed by atoms with Gasteiger partial charge in [-0.3, -0.25) is 4.90 Å². The highest BCUT2D eigenvalue weighted by Crippen LogP contribution is 2.41. The molecule has 0 amide bonds. The van der Waals surface area contributed by atoms with Gasteiger partial charge in [0.15, 0.2) is 0 Å². The molecule has 0 radical (unpaired) electrons. The maximum absolute atomic E-state index is 5.43. The first-order valence-electron chi connectivity index (χ1n) is 5.13. The SMILES string of the molecule is C=C1CN2C[C@@H](OC)C[C@@]2(COC)C1. The Morgan fingerprint density at radius 3 is 3.00 bits per heavy atom. The van der Waals surface area contributed by atoms with Crippen LogP contribution in [0.5, 0.6) is 0 Å². The number of nitrogens with zero attached hydrogens (tertiary/aromatic N) is 1. The second kappa shape index (κ2) is 3.65. The van der Waals surface area contributed by atoms with Gasteiger partial charge < -0.3 is 9.47 Å². The minimum atomic E-state index is 0.187. The highest BCUT2D eigenvalue weighted by Gasteiger charge is 2.49. The monoisotopic (exact) mass is 197 g/mol. The van der Waals surface area contributed by atoms with Gasteiger partial charge in [-0.2, -0.15) is 0 Å². The summed E-state index contributed by atoms with van der Waals surface area (Å²) in [5.74, 6) is 0. The average Bonchev–Trinajstić information content (AvgIpc) is 2.57. The third-order valence-corrected chi connectivity index (χ3v) is 3.44. The lowest BCUT2D eigenvalue weighted by Crippen LogP contribution is -2.42. The molecule has 2 atom stereocenters. The largest absolute Gasteiger partial charge is 0.383 e. The molecule has 0 bridgehead atoms. The molecule has 0 aromatic carbocycles. The molecule has 2 fully saturated rings. The number of hydrogen-bond acceptors (Lipinski definition) is 3. The van der Waals surface area contributed by atoms with Crippen molar-refractivity contribution in [3.63, 3.8) is 0 Å². The minimum absolute atomic E-state index is 0.187. The zero-order valence-electron chi connectivity index (χ0n) is 9.08. The maximum atomic E-state index is 5.43. The summed E-state index contributed by atoms with van der Waals surface area (Å²) in [7, 11) is 3.57. The van der Waals surface area contributed by atoms with Gasteiger partial charge in [0.05, 0.1) is 18.2 Å². The fourth-order valence-corrected chi connectivity index (χ4v) is 2.89. The van der Waals surface area contributed by atoms with Crippen LogP contribution in [0.1, 0.15) is 12.8 Å². The lowest BCUT2D eigenvalue weighted by atomic mass is 9.93. The van der Waals surface area contributed by atoms with Gasteiger partial charge in [0.1, 0.15) is 0 Å². The van der Waals surface area contributed by atoms with Crippen molar-refractivity contribution < 1.29 is 9.47 Å². The van der Waals surface area contributed by atoms with Crippen LogP contribution >= 0.6 is 0 Å². The van der Waals surface area contributed by atoms with Crippen molar-refractivity contribution in [3.05, 3.63) is 12.2 Å². The van der Waals surface area contributed by atoms with E-state index in [1.165, 1.54) is 5.57 Å². The second-order valence-electron chi connectivity index (χ2n) is 4.53. The first-order chi connectivity index (χ1) is 6.70. The molecule has 3 heteroatoms. The molecule has 0 aromatic heterocycles. The van der Waals surface area contributed by atoms with E-state index in [-0.39, 0.29) is 5.54 Å². The normalized spacial score (nSPS) is 37.9. The smallest absolute Gasteiger partial charge is 0.0717 e. The molecule has 0 unspecified atom stereocenters. The molecular weight excluding hydrogens is 178 g/mol. The average molecular weight is 197 g/mol. The molecule has 2 saturated heterocycles. The van der Waals surface area contributed by atoms with E-state index in [1.54, 1.807) is 14.2 Å². The van der Waals surface area contributed by atoms with E-state index < -0.39 is 0 Å². The van der Waals surface area contributed by atoms with E-state index in [0.717, 1.165) is 32.5 Å². The van der Waals surface area contributed by atoms with Gasteiger partial charge in [-0.05, 0) is 12.8 Å². The van der Waals surface area contributed by atoms with Gasteiger partial charge in [-0.15, -0.1) is 0 Å². The van der Waals surface area contributed by atoms with Gasteiger partial charge in [0.25, 0.3) is 0 Å². The van der Waals surface area contributed by atoms with Gasteiger partial charge in [0, 0.05) is 27.3 Å². The quantitative estimate of drug-likeness (QED) is 0.631. The fraction of sp³-hybridized carbons (Fsp3) is 0.818. The Bertz CT molecular complexity index is 241. The molecule has 0 spiro atoms. The molecule has 0 aromatic rings. The van der Waals surface area contributed by atoms with Crippen LogP contribution in [0.15, 0.2) is 12.2 Å². The lowest BCUT2D eigenvalue weighted by molar-refractivity contribution is 0.0635. The number of ether oxygens (including phenoxy) is 2. The summed E-state index contributed by atoms with van der Waals surface area (Å²) < 4.78 is 10.8. The summed E-state index contributed by atoms with van der Waals surface area (Å²) in [6.45, 7) is 6.92. The van der Waals surface area contributed by atoms with Crippen molar-refractivity contribution in [1.29, 1.82) is 0 Å². The van der Waals surface area contributed by atoms with Gasteiger partial charge >= 0.3 is 0 Å². The standard InChI is InChI=1S/C11H19NO2/c1-9-4-11(8-13-2)5-10(14-3)7-12(11)6-9/h10H,1,4-8H2,2-3H3/t10-,11+/m0/s1. The summed E-state index contributed by atoms with van der Waals surface area (Å²) in [4.78, 5) is 2.47. The zero-order valence-corrected chi connectivity index (χ0v) is 9.08. The van der Waals surface area contributed by atoms with Crippen LogP contribution in [0.4, 0.5) is 0 Å². The molecule has 3 nitrogen and oxygen atoms in total. The van der Waals surface area contributed by atoms with Crippen LogP contribution in [0, 0.1) is 0 Å². The predicted molar refractivity (Wildman–Crippen MR) is 55.4 cm³/mol. The van der Waals surface area contributed by atoms with Gasteiger partial charge in [-0.1, -0.05) is 12.2 Å². The lowest BCUT2D eigenvalue weighted by Gasteiger charge is -2.30. The summed E-state index contributed by atoms with van der Waals surface area (Å²) >= 11 is 0. The van der Waals surface area contributed by atoms with Crippen LogP contribution in [0.3, 0.4) is 0 Å². The zero-order chi connectivity index (χ0) is 10.2. The highest BCUT2D eigenvalue weighted by molar-refractivity contribution is 5.19. The van der Waals surface area contributed by atoms with Crippen LogP contribution in [0.2, 0.25) is 0 Å². The van der Waals surface area contributed by atoms with Crippen molar-refractivity contribution in [1.82, 2.24) is 4.90 Å². The molecule has 0 saturated carbocycles. The number of methoxy groups -OCH3 is 2. The fourth-order valence-electron chi connectivity index (χ4n) is 2.89. The Hall–Kier alpha value is -0.380. The Morgan fingerprint density at radius 2 is 2.36 bits per heavy atom. The number of rotatable bonds is 3. The van der Waals surface area contributed by atoms with E-state index in [0.29, 0.717) is 6.10 Å². The molecule has 0 N–H and O–H groups in total. The third kappa shape index (κ3) is 1.49. The molecule has 0 aliphatic carbocycles. The Kier molecular flexibility index (Phi) is 2.64. The molecule has 80 valence electrons. The first kappa shape index (κ1) is 10.1. The molecule has 2 aliphatic heterocycles. The Labute approximate surface area is 85.7 Å². The molecule has 2 rings (SSSR count).